The summed E-state index contributed by atoms with van der Waals surface area (Å²) < 4.78 is 5.39. The second-order valence-corrected chi connectivity index (χ2v) is 7.51. The monoisotopic (exact) mass is 417 g/mol. The molecule has 1 heterocycles. The van der Waals surface area contributed by atoms with Crippen LogP contribution in [0.15, 0.2) is 83.5 Å². The van der Waals surface area contributed by atoms with Gasteiger partial charge in [0.2, 0.25) is 5.90 Å². The van der Waals surface area contributed by atoms with E-state index in [4.69, 9.17) is 27.9 Å². The maximum atomic E-state index is 12.5. The Balaban J connectivity index is 1.70. The van der Waals surface area contributed by atoms with Gasteiger partial charge in [0.05, 0.1) is 10.0 Å². The summed E-state index contributed by atoms with van der Waals surface area (Å²) >= 11 is 12.1. The van der Waals surface area contributed by atoms with E-state index in [9.17, 15) is 4.79 Å². The first-order valence-corrected chi connectivity index (χ1v) is 9.74. The molecular formula is C24H13Cl2NO2. The van der Waals surface area contributed by atoms with Gasteiger partial charge in [0.15, 0.2) is 5.70 Å². The van der Waals surface area contributed by atoms with Crippen molar-refractivity contribution in [1.82, 2.24) is 0 Å². The number of nitrogens with zero attached hydrogens (tertiary/aromatic N) is 1. The summed E-state index contributed by atoms with van der Waals surface area (Å²) in [7, 11) is 0. The molecule has 4 aromatic carbocycles. The molecule has 0 bridgehead atoms. The van der Waals surface area contributed by atoms with Gasteiger partial charge >= 0.3 is 5.97 Å². The number of halogens is 2. The molecule has 0 amide bonds. The van der Waals surface area contributed by atoms with Gasteiger partial charge < -0.3 is 4.74 Å². The number of cyclic esters (lactones) is 1. The molecule has 0 radical (unpaired) electrons. The molecule has 4 aromatic rings. The Hall–Kier alpha value is -3.14. The molecule has 5 heteroatoms. The third-order valence-corrected chi connectivity index (χ3v) is 5.62. The molecule has 3 nitrogen and oxygen atoms in total. The number of aliphatic imine (C=N–C) groups is 1. The van der Waals surface area contributed by atoms with Crippen molar-refractivity contribution in [3.8, 4) is 0 Å². The molecule has 1 aliphatic heterocycles. The van der Waals surface area contributed by atoms with Crippen LogP contribution in [0.2, 0.25) is 10.0 Å². The number of carbonyl (C=O) groups is 1. The lowest BCUT2D eigenvalue weighted by molar-refractivity contribution is -0.129. The summed E-state index contributed by atoms with van der Waals surface area (Å²) in [4.78, 5) is 16.9. The van der Waals surface area contributed by atoms with E-state index in [2.05, 4.69) is 23.2 Å². The van der Waals surface area contributed by atoms with E-state index in [1.807, 2.05) is 36.4 Å². The fraction of sp³-hybridized carbons (Fsp3) is 0. The summed E-state index contributed by atoms with van der Waals surface area (Å²) in [5.74, 6) is -0.285. The highest BCUT2D eigenvalue weighted by Crippen LogP contribution is 2.32. The van der Waals surface area contributed by atoms with Crippen molar-refractivity contribution in [2.75, 3.05) is 0 Å². The van der Waals surface area contributed by atoms with Gasteiger partial charge in [-0.25, -0.2) is 9.79 Å². The molecule has 140 valence electrons. The van der Waals surface area contributed by atoms with Crippen LogP contribution in [0.1, 0.15) is 11.1 Å². The second kappa shape index (κ2) is 7.03. The van der Waals surface area contributed by atoms with Gasteiger partial charge in [-0.15, -0.1) is 0 Å². The summed E-state index contributed by atoms with van der Waals surface area (Å²) in [5.41, 5.74) is 1.77. The third-order valence-electron chi connectivity index (χ3n) is 4.88. The molecule has 0 aliphatic carbocycles. The van der Waals surface area contributed by atoms with Crippen molar-refractivity contribution in [3.63, 3.8) is 0 Å². The third kappa shape index (κ3) is 3.19. The van der Waals surface area contributed by atoms with E-state index in [-0.39, 0.29) is 11.6 Å². The van der Waals surface area contributed by atoms with Crippen molar-refractivity contribution in [2.45, 2.75) is 0 Å². The van der Waals surface area contributed by atoms with Crippen LogP contribution < -0.4 is 0 Å². The van der Waals surface area contributed by atoms with Gasteiger partial charge in [-0.05, 0) is 57.4 Å². The predicted molar refractivity (Wildman–Crippen MR) is 119 cm³/mol. The second-order valence-electron chi connectivity index (χ2n) is 6.70. The van der Waals surface area contributed by atoms with Gasteiger partial charge in [0, 0.05) is 5.56 Å². The molecule has 29 heavy (non-hydrogen) atoms. The molecule has 0 aromatic heterocycles. The lowest BCUT2D eigenvalue weighted by Gasteiger charge is -2.08. The van der Waals surface area contributed by atoms with Crippen LogP contribution in [-0.4, -0.2) is 11.9 Å². The summed E-state index contributed by atoms with van der Waals surface area (Å²) in [6.45, 7) is 0. The largest absolute Gasteiger partial charge is 0.402 e. The van der Waals surface area contributed by atoms with Crippen molar-refractivity contribution in [2.24, 2.45) is 4.99 Å². The number of fused-ring (bicyclic) bond motifs is 2. The zero-order chi connectivity index (χ0) is 20.0. The molecule has 5 rings (SSSR count). The van der Waals surface area contributed by atoms with Crippen LogP contribution >= 0.6 is 23.2 Å². The normalized spacial score (nSPS) is 15.2. The Morgan fingerprint density at radius 3 is 2.10 bits per heavy atom. The van der Waals surface area contributed by atoms with Gasteiger partial charge in [-0.3, -0.25) is 0 Å². The Labute approximate surface area is 176 Å². The fourth-order valence-electron chi connectivity index (χ4n) is 3.50. The first-order chi connectivity index (χ1) is 14.1. The van der Waals surface area contributed by atoms with Gasteiger partial charge in [-0.2, -0.15) is 0 Å². The maximum Gasteiger partial charge on any atom is 0.363 e. The van der Waals surface area contributed by atoms with E-state index < -0.39 is 5.97 Å². The van der Waals surface area contributed by atoms with Crippen LogP contribution in [-0.2, 0) is 9.53 Å². The molecule has 0 N–H and O–H groups in total. The highest BCUT2D eigenvalue weighted by atomic mass is 35.5. The first kappa shape index (κ1) is 17.9. The van der Waals surface area contributed by atoms with Crippen molar-refractivity contribution < 1.29 is 9.53 Å². The number of hydrogen-bond acceptors (Lipinski definition) is 3. The van der Waals surface area contributed by atoms with Crippen LogP contribution in [0.3, 0.4) is 0 Å². The van der Waals surface area contributed by atoms with E-state index >= 15 is 0 Å². The van der Waals surface area contributed by atoms with Crippen molar-refractivity contribution in [1.29, 1.82) is 0 Å². The summed E-state index contributed by atoms with van der Waals surface area (Å²) in [6.07, 6.45) is 1.79. The number of hydrogen-bond donors (Lipinski definition) is 0. The number of esters is 1. The smallest absolute Gasteiger partial charge is 0.363 e. The number of benzene rings is 4. The molecule has 0 fully saturated rings. The Morgan fingerprint density at radius 2 is 1.45 bits per heavy atom. The standard InChI is InChI=1S/C24H13Cl2NO2/c25-20-10-9-16(12-21(20)26)23-27-22(24(28)29-23)13-19-17-7-3-1-5-14(17)11-15-6-2-4-8-18(15)19/h1-13H/b22-13-. The topological polar surface area (TPSA) is 38.7 Å². The molecule has 1 aliphatic rings. The quantitative estimate of drug-likeness (QED) is 0.208. The van der Waals surface area contributed by atoms with Crippen LogP contribution in [0, 0.1) is 0 Å². The minimum absolute atomic E-state index is 0.212. The van der Waals surface area contributed by atoms with Crippen LogP contribution in [0.5, 0.6) is 0 Å². The van der Waals surface area contributed by atoms with Crippen LogP contribution in [0.25, 0.3) is 27.6 Å². The Kier molecular flexibility index (Phi) is 4.35. The highest BCUT2D eigenvalue weighted by molar-refractivity contribution is 6.42. The molecule has 0 saturated carbocycles. The van der Waals surface area contributed by atoms with E-state index in [1.165, 1.54) is 0 Å². The average molecular weight is 418 g/mol. The van der Waals surface area contributed by atoms with Crippen molar-refractivity contribution in [3.05, 3.63) is 99.7 Å². The zero-order valence-electron chi connectivity index (χ0n) is 15.0. The fourth-order valence-corrected chi connectivity index (χ4v) is 3.80. The SMILES string of the molecule is O=C1OC(c2ccc(Cl)c(Cl)c2)=N/C1=C\c1c2ccccc2cc2ccccc12. The maximum absolute atomic E-state index is 12.5. The van der Waals surface area contributed by atoms with E-state index in [1.54, 1.807) is 24.3 Å². The van der Waals surface area contributed by atoms with Gasteiger partial charge in [-0.1, -0.05) is 71.7 Å². The molecule has 0 atom stereocenters. The first-order valence-electron chi connectivity index (χ1n) is 8.98. The molecule has 0 saturated heterocycles. The van der Waals surface area contributed by atoms with Crippen LogP contribution in [0.4, 0.5) is 0 Å². The van der Waals surface area contributed by atoms with E-state index in [0.29, 0.717) is 15.6 Å². The van der Waals surface area contributed by atoms with Gasteiger partial charge in [0.1, 0.15) is 0 Å². The van der Waals surface area contributed by atoms with Crippen molar-refractivity contribution >= 4 is 62.7 Å². The minimum Gasteiger partial charge on any atom is -0.402 e. The number of carbonyl (C=O) groups excluding carboxylic acids is 1. The molecular weight excluding hydrogens is 405 g/mol. The van der Waals surface area contributed by atoms with E-state index in [0.717, 1.165) is 27.1 Å². The lowest BCUT2D eigenvalue weighted by Crippen LogP contribution is -2.05. The number of ether oxygens (including phenoxy) is 1. The molecule has 0 unspecified atom stereocenters. The Morgan fingerprint density at radius 1 is 0.793 bits per heavy atom. The minimum atomic E-state index is -0.497. The summed E-state index contributed by atoms with van der Waals surface area (Å²) in [6, 6.07) is 23.3. The predicted octanol–water partition coefficient (Wildman–Crippen LogP) is 6.64. The molecule has 0 spiro atoms. The van der Waals surface area contributed by atoms with Gasteiger partial charge in [0.25, 0.3) is 0 Å². The number of rotatable bonds is 2. The summed E-state index contributed by atoms with van der Waals surface area (Å²) in [5, 5.41) is 5.09. The highest BCUT2D eigenvalue weighted by Gasteiger charge is 2.25. The Bertz CT molecular complexity index is 1320. The average Bonchev–Trinajstić information content (AvgIpc) is 3.10. The lowest BCUT2D eigenvalue weighted by atomic mass is 9.96. The zero-order valence-corrected chi connectivity index (χ0v) is 16.5.